The molecule has 2 fully saturated rings. The summed E-state index contributed by atoms with van der Waals surface area (Å²) in [5.41, 5.74) is 0. The number of hydrogen-bond acceptors (Lipinski definition) is 4. The maximum atomic E-state index is 2.62. The average Bonchev–Trinajstić information content (AvgIpc) is 2.53. The summed E-state index contributed by atoms with van der Waals surface area (Å²) < 4.78 is 0. The molecule has 136 valence electrons. The van der Waals surface area contributed by atoms with Crippen LogP contribution in [0.15, 0.2) is 0 Å². The Morgan fingerprint density at radius 3 is 1.30 bits per heavy atom. The third-order valence-corrected chi connectivity index (χ3v) is 5.36. The van der Waals surface area contributed by atoms with Gasteiger partial charge in [0.25, 0.3) is 0 Å². The summed E-state index contributed by atoms with van der Waals surface area (Å²) in [6.45, 7) is 10.2. The normalized spacial score (nSPS) is 22.7. The van der Waals surface area contributed by atoms with Crippen LogP contribution in [0, 0.1) is 0 Å². The molecule has 0 bridgehead atoms. The van der Waals surface area contributed by atoms with Gasteiger partial charge in [0.2, 0.25) is 0 Å². The lowest BCUT2D eigenvalue weighted by molar-refractivity contribution is 0.105. The SMILES string of the molecule is CN1CCCN(CCCCCCCCCN2CCCN(C)C2)C1. The van der Waals surface area contributed by atoms with Gasteiger partial charge in [0.1, 0.15) is 0 Å². The highest BCUT2D eigenvalue weighted by molar-refractivity contribution is 4.66. The molecule has 0 aliphatic carbocycles. The fraction of sp³-hybridized carbons (Fsp3) is 1.00. The van der Waals surface area contributed by atoms with Gasteiger partial charge in [-0.3, -0.25) is 19.6 Å². The Labute approximate surface area is 144 Å². The molecule has 0 N–H and O–H groups in total. The van der Waals surface area contributed by atoms with Crippen molar-refractivity contribution in [1.29, 1.82) is 0 Å². The van der Waals surface area contributed by atoms with Crippen LogP contribution in [-0.4, -0.2) is 86.3 Å². The summed E-state index contributed by atoms with van der Waals surface area (Å²) >= 11 is 0. The van der Waals surface area contributed by atoms with Crippen LogP contribution in [-0.2, 0) is 0 Å². The Balaban J connectivity index is 1.34. The van der Waals surface area contributed by atoms with Crippen LogP contribution in [0.25, 0.3) is 0 Å². The first-order valence-electron chi connectivity index (χ1n) is 10.1. The van der Waals surface area contributed by atoms with E-state index in [1.54, 1.807) is 0 Å². The molecule has 0 radical (unpaired) electrons. The van der Waals surface area contributed by atoms with E-state index in [-0.39, 0.29) is 0 Å². The molecule has 0 aromatic heterocycles. The Morgan fingerprint density at radius 2 is 0.913 bits per heavy atom. The fourth-order valence-corrected chi connectivity index (χ4v) is 4.01. The Morgan fingerprint density at radius 1 is 0.522 bits per heavy atom. The van der Waals surface area contributed by atoms with Gasteiger partial charge in [0.05, 0.1) is 13.3 Å². The van der Waals surface area contributed by atoms with E-state index in [4.69, 9.17) is 0 Å². The summed E-state index contributed by atoms with van der Waals surface area (Å²) in [5.74, 6) is 0. The van der Waals surface area contributed by atoms with Gasteiger partial charge in [-0.15, -0.1) is 0 Å². The van der Waals surface area contributed by atoms with E-state index in [1.165, 1.54) is 110 Å². The Kier molecular flexibility index (Phi) is 9.50. The lowest BCUT2D eigenvalue weighted by atomic mass is 10.1. The van der Waals surface area contributed by atoms with Crippen molar-refractivity contribution in [3.63, 3.8) is 0 Å². The topological polar surface area (TPSA) is 13.0 Å². The third-order valence-electron chi connectivity index (χ3n) is 5.36. The highest BCUT2D eigenvalue weighted by Gasteiger charge is 2.13. The molecule has 0 aromatic rings. The van der Waals surface area contributed by atoms with E-state index in [9.17, 15) is 0 Å². The van der Waals surface area contributed by atoms with Gasteiger partial charge in [0.15, 0.2) is 0 Å². The molecule has 0 amide bonds. The average molecular weight is 325 g/mol. The lowest BCUT2D eigenvalue weighted by Gasteiger charge is -2.33. The quantitative estimate of drug-likeness (QED) is 0.573. The molecule has 2 heterocycles. The first-order valence-corrected chi connectivity index (χ1v) is 10.1. The van der Waals surface area contributed by atoms with Crippen LogP contribution in [0.1, 0.15) is 57.8 Å². The van der Waals surface area contributed by atoms with Crippen LogP contribution >= 0.6 is 0 Å². The molecule has 0 spiro atoms. The molecular weight excluding hydrogens is 284 g/mol. The monoisotopic (exact) mass is 324 g/mol. The van der Waals surface area contributed by atoms with Gasteiger partial charge in [-0.2, -0.15) is 0 Å². The van der Waals surface area contributed by atoms with Crippen LogP contribution in [0.4, 0.5) is 0 Å². The Hall–Kier alpha value is -0.160. The summed E-state index contributed by atoms with van der Waals surface area (Å²) in [4.78, 5) is 10.1. The largest absolute Gasteiger partial charge is 0.293 e. The molecule has 2 aliphatic rings. The molecule has 0 aromatic carbocycles. The van der Waals surface area contributed by atoms with Crippen molar-refractivity contribution in [2.75, 3.05) is 66.7 Å². The number of hydrogen-bond donors (Lipinski definition) is 0. The fourth-order valence-electron chi connectivity index (χ4n) is 4.01. The van der Waals surface area contributed by atoms with Crippen LogP contribution in [0.3, 0.4) is 0 Å². The van der Waals surface area contributed by atoms with Crippen LogP contribution in [0.2, 0.25) is 0 Å². The minimum Gasteiger partial charge on any atom is -0.293 e. The van der Waals surface area contributed by atoms with Gasteiger partial charge < -0.3 is 0 Å². The molecule has 4 nitrogen and oxygen atoms in total. The van der Waals surface area contributed by atoms with Gasteiger partial charge in [-0.25, -0.2) is 0 Å². The van der Waals surface area contributed by atoms with Crippen molar-refractivity contribution in [2.45, 2.75) is 57.8 Å². The van der Waals surface area contributed by atoms with Gasteiger partial charge in [0, 0.05) is 26.2 Å². The zero-order valence-corrected chi connectivity index (χ0v) is 15.8. The summed E-state index contributed by atoms with van der Waals surface area (Å²) in [6.07, 6.45) is 12.7. The minimum atomic E-state index is 1.19. The predicted molar refractivity (Wildman–Crippen MR) is 99.7 cm³/mol. The standard InChI is InChI=1S/C19H40N4/c1-20-12-10-16-22(18-20)14-8-6-4-3-5-7-9-15-23-17-11-13-21(2)19-23/h3-19H2,1-2H3. The molecule has 2 rings (SSSR count). The maximum absolute atomic E-state index is 2.62. The van der Waals surface area contributed by atoms with E-state index < -0.39 is 0 Å². The van der Waals surface area contributed by atoms with Crippen molar-refractivity contribution in [3.05, 3.63) is 0 Å². The van der Waals surface area contributed by atoms with Crippen molar-refractivity contribution in [2.24, 2.45) is 0 Å². The highest BCUT2D eigenvalue weighted by Crippen LogP contribution is 2.11. The van der Waals surface area contributed by atoms with Crippen molar-refractivity contribution < 1.29 is 0 Å². The van der Waals surface area contributed by atoms with E-state index in [1.807, 2.05) is 0 Å². The second-order valence-corrected chi connectivity index (χ2v) is 7.86. The van der Waals surface area contributed by atoms with E-state index >= 15 is 0 Å². The smallest absolute Gasteiger partial charge is 0.0503 e. The van der Waals surface area contributed by atoms with E-state index in [0.29, 0.717) is 0 Å². The number of rotatable bonds is 10. The van der Waals surface area contributed by atoms with Crippen molar-refractivity contribution >= 4 is 0 Å². The second kappa shape index (κ2) is 11.4. The second-order valence-electron chi connectivity index (χ2n) is 7.86. The lowest BCUT2D eigenvalue weighted by Crippen LogP contribution is -2.42. The molecule has 0 saturated carbocycles. The molecule has 23 heavy (non-hydrogen) atoms. The van der Waals surface area contributed by atoms with Crippen molar-refractivity contribution in [1.82, 2.24) is 19.6 Å². The zero-order chi connectivity index (χ0) is 16.3. The summed E-state index contributed by atoms with van der Waals surface area (Å²) in [6, 6.07) is 0. The zero-order valence-electron chi connectivity index (χ0n) is 15.8. The molecular formula is C19H40N4. The molecule has 4 heteroatoms. The van der Waals surface area contributed by atoms with Crippen LogP contribution in [0.5, 0.6) is 0 Å². The molecule has 2 saturated heterocycles. The maximum Gasteiger partial charge on any atom is 0.0503 e. The summed E-state index contributed by atoms with van der Waals surface area (Å²) in [5, 5.41) is 0. The van der Waals surface area contributed by atoms with Crippen molar-refractivity contribution in [3.8, 4) is 0 Å². The molecule has 0 unspecified atom stereocenters. The number of unbranched alkanes of at least 4 members (excludes halogenated alkanes) is 6. The highest BCUT2D eigenvalue weighted by atomic mass is 15.3. The van der Waals surface area contributed by atoms with Crippen LogP contribution < -0.4 is 0 Å². The first kappa shape index (κ1) is 19.2. The molecule has 0 atom stereocenters. The third kappa shape index (κ3) is 8.48. The van der Waals surface area contributed by atoms with E-state index in [2.05, 4.69) is 33.7 Å². The number of nitrogens with zero attached hydrogens (tertiary/aromatic N) is 4. The summed E-state index contributed by atoms with van der Waals surface area (Å²) in [7, 11) is 4.49. The van der Waals surface area contributed by atoms with Gasteiger partial charge in [-0.1, -0.05) is 32.1 Å². The van der Waals surface area contributed by atoms with Gasteiger partial charge in [-0.05, 0) is 52.9 Å². The Bertz CT molecular complexity index is 269. The minimum absolute atomic E-state index is 1.19. The van der Waals surface area contributed by atoms with Gasteiger partial charge >= 0.3 is 0 Å². The first-order chi connectivity index (χ1) is 11.2. The predicted octanol–water partition coefficient (Wildman–Crippen LogP) is 2.91. The molecule has 2 aliphatic heterocycles. The van der Waals surface area contributed by atoms with E-state index in [0.717, 1.165) is 0 Å².